The van der Waals surface area contributed by atoms with Gasteiger partial charge in [-0.3, -0.25) is 4.79 Å². The van der Waals surface area contributed by atoms with Crippen LogP contribution < -0.4 is 10.1 Å². The maximum Gasteiger partial charge on any atom is 0.347 e. The average molecular weight is 378 g/mol. The van der Waals surface area contributed by atoms with Crippen LogP contribution >= 0.6 is 15.9 Å². The fourth-order valence-electron chi connectivity index (χ4n) is 1.74. The number of hydrogen-bond donors (Lipinski definition) is 1. The lowest BCUT2D eigenvalue weighted by molar-refractivity contribution is -0.153. The standard InChI is InChI=1S/C17H16BrNO4/c1-12(23-15-5-3-2-4-6-15)17(21)22-11-16(20)19-14-9-7-13(18)8-10-14/h2-10,12H,11H2,1H3,(H,19,20)/t12-/m0/s1. The summed E-state index contributed by atoms with van der Waals surface area (Å²) in [5.41, 5.74) is 0.628. The van der Waals surface area contributed by atoms with Gasteiger partial charge in [0, 0.05) is 10.2 Å². The molecule has 0 spiro atoms. The molecule has 23 heavy (non-hydrogen) atoms. The van der Waals surface area contributed by atoms with Crippen LogP contribution in [0.2, 0.25) is 0 Å². The normalized spacial score (nSPS) is 11.4. The van der Waals surface area contributed by atoms with Crippen molar-refractivity contribution in [2.75, 3.05) is 11.9 Å². The van der Waals surface area contributed by atoms with Crippen LogP contribution in [0.5, 0.6) is 5.75 Å². The Balaban J connectivity index is 1.76. The number of amides is 1. The number of nitrogens with one attached hydrogen (secondary N) is 1. The maximum absolute atomic E-state index is 11.8. The van der Waals surface area contributed by atoms with Gasteiger partial charge in [0.05, 0.1) is 0 Å². The smallest absolute Gasteiger partial charge is 0.347 e. The molecule has 0 aliphatic rings. The van der Waals surface area contributed by atoms with Crippen molar-refractivity contribution in [2.45, 2.75) is 13.0 Å². The van der Waals surface area contributed by atoms with Gasteiger partial charge in [-0.15, -0.1) is 0 Å². The minimum absolute atomic E-state index is 0.364. The number of rotatable bonds is 6. The van der Waals surface area contributed by atoms with E-state index in [1.54, 1.807) is 55.5 Å². The Morgan fingerprint density at radius 1 is 1.09 bits per heavy atom. The number of hydrogen-bond acceptors (Lipinski definition) is 4. The molecule has 120 valence electrons. The highest BCUT2D eigenvalue weighted by atomic mass is 79.9. The summed E-state index contributed by atoms with van der Waals surface area (Å²) in [6.45, 7) is 1.21. The molecular weight excluding hydrogens is 362 g/mol. The molecule has 6 heteroatoms. The van der Waals surface area contributed by atoms with Crippen molar-refractivity contribution in [2.24, 2.45) is 0 Å². The fraction of sp³-hybridized carbons (Fsp3) is 0.176. The van der Waals surface area contributed by atoms with Gasteiger partial charge < -0.3 is 14.8 Å². The Bertz CT molecular complexity index is 658. The van der Waals surface area contributed by atoms with E-state index in [4.69, 9.17) is 9.47 Å². The molecule has 5 nitrogen and oxygen atoms in total. The minimum Gasteiger partial charge on any atom is -0.479 e. The highest BCUT2D eigenvalue weighted by Crippen LogP contribution is 2.14. The second kappa shape index (κ2) is 8.33. The molecule has 0 heterocycles. The second-order valence-electron chi connectivity index (χ2n) is 4.74. The number of benzene rings is 2. The Hall–Kier alpha value is -2.34. The summed E-state index contributed by atoms with van der Waals surface area (Å²) < 4.78 is 11.3. The van der Waals surface area contributed by atoms with Crippen molar-refractivity contribution in [3.63, 3.8) is 0 Å². The molecule has 0 aliphatic carbocycles. The van der Waals surface area contributed by atoms with Gasteiger partial charge in [-0.05, 0) is 43.3 Å². The topological polar surface area (TPSA) is 64.6 Å². The lowest BCUT2D eigenvalue weighted by atomic mass is 10.3. The van der Waals surface area contributed by atoms with Crippen molar-refractivity contribution < 1.29 is 19.1 Å². The van der Waals surface area contributed by atoms with E-state index in [1.807, 2.05) is 6.07 Å². The fourth-order valence-corrected chi connectivity index (χ4v) is 2.00. The Morgan fingerprint density at radius 3 is 2.39 bits per heavy atom. The van der Waals surface area contributed by atoms with Gasteiger partial charge >= 0.3 is 5.97 Å². The first kappa shape index (κ1) is 17.0. The molecule has 0 bridgehead atoms. The van der Waals surface area contributed by atoms with E-state index in [-0.39, 0.29) is 6.61 Å². The average Bonchev–Trinajstić information content (AvgIpc) is 2.55. The van der Waals surface area contributed by atoms with E-state index >= 15 is 0 Å². The molecule has 0 saturated carbocycles. The van der Waals surface area contributed by atoms with Crippen molar-refractivity contribution in [1.82, 2.24) is 0 Å². The summed E-state index contributed by atoms with van der Waals surface area (Å²) in [5.74, 6) is -0.441. The molecule has 1 N–H and O–H groups in total. The van der Waals surface area contributed by atoms with Crippen LogP contribution in [0.25, 0.3) is 0 Å². The molecule has 0 aromatic heterocycles. The van der Waals surface area contributed by atoms with E-state index in [2.05, 4.69) is 21.2 Å². The van der Waals surface area contributed by atoms with Gasteiger partial charge in [0.15, 0.2) is 12.7 Å². The van der Waals surface area contributed by atoms with E-state index < -0.39 is 18.0 Å². The van der Waals surface area contributed by atoms with Crippen LogP contribution in [0, 0.1) is 0 Å². The summed E-state index contributed by atoms with van der Waals surface area (Å²) in [4.78, 5) is 23.6. The molecule has 0 saturated heterocycles. The quantitative estimate of drug-likeness (QED) is 0.783. The molecule has 1 amide bonds. The lowest BCUT2D eigenvalue weighted by Gasteiger charge is -2.13. The predicted molar refractivity (Wildman–Crippen MR) is 90.3 cm³/mol. The monoisotopic (exact) mass is 377 g/mol. The Labute approximate surface area is 142 Å². The zero-order valence-electron chi connectivity index (χ0n) is 12.5. The van der Waals surface area contributed by atoms with Gasteiger partial charge in [-0.25, -0.2) is 4.79 Å². The highest BCUT2D eigenvalue weighted by Gasteiger charge is 2.17. The van der Waals surface area contributed by atoms with Crippen LogP contribution in [-0.2, 0) is 14.3 Å². The first-order valence-electron chi connectivity index (χ1n) is 6.98. The molecule has 2 rings (SSSR count). The van der Waals surface area contributed by atoms with Crippen LogP contribution in [0.15, 0.2) is 59.1 Å². The molecular formula is C17H16BrNO4. The number of para-hydroxylation sites is 1. The van der Waals surface area contributed by atoms with Crippen molar-refractivity contribution in [3.8, 4) is 5.75 Å². The first-order valence-corrected chi connectivity index (χ1v) is 7.77. The number of carbonyl (C=O) groups is 2. The van der Waals surface area contributed by atoms with E-state index in [1.165, 1.54) is 0 Å². The minimum atomic E-state index is -0.794. The Morgan fingerprint density at radius 2 is 1.74 bits per heavy atom. The highest BCUT2D eigenvalue weighted by molar-refractivity contribution is 9.10. The van der Waals surface area contributed by atoms with Crippen LogP contribution in [0.1, 0.15) is 6.92 Å². The summed E-state index contributed by atoms with van der Waals surface area (Å²) in [6.07, 6.45) is -0.794. The van der Waals surface area contributed by atoms with E-state index in [0.717, 1.165) is 4.47 Å². The van der Waals surface area contributed by atoms with E-state index in [0.29, 0.717) is 11.4 Å². The third-order valence-electron chi connectivity index (χ3n) is 2.86. The van der Waals surface area contributed by atoms with Crippen molar-refractivity contribution in [3.05, 3.63) is 59.1 Å². The number of ether oxygens (including phenoxy) is 2. The van der Waals surface area contributed by atoms with Crippen LogP contribution in [0.4, 0.5) is 5.69 Å². The summed E-state index contributed by atoms with van der Waals surface area (Å²) in [5, 5.41) is 2.64. The SMILES string of the molecule is C[C@H](Oc1ccccc1)C(=O)OCC(=O)Nc1ccc(Br)cc1. The predicted octanol–water partition coefficient (Wildman–Crippen LogP) is 3.40. The second-order valence-corrected chi connectivity index (χ2v) is 5.65. The zero-order chi connectivity index (χ0) is 16.7. The number of esters is 1. The first-order chi connectivity index (χ1) is 11.0. The molecule has 0 unspecified atom stereocenters. The third-order valence-corrected chi connectivity index (χ3v) is 3.39. The van der Waals surface area contributed by atoms with Crippen molar-refractivity contribution >= 4 is 33.5 Å². The molecule has 2 aromatic carbocycles. The lowest BCUT2D eigenvalue weighted by Crippen LogP contribution is -2.29. The maximum atomic E-state index is 11.8. The largest absolute Gasteiger partial charge is 0.479 e. The number of anilines is 1. The third kappa shape index (κ3) is 5.75. The summed E-state index contributed by atoms with van der Waals surface area (Å²) >= 11 is 3.31. The molecule has 0 aliphatic heterocycles. The van der Waals surface area contributed by atoms with Gasteiger partial charge in [0.1, 0.15) is 5.75 Å². The van der Waals surface area contributed by atoms with Gasteiger partial charge in [0.2, 0.25) is 0 Å². The number of halogens is 1. The van der Waals surface area contributed by atoms with E-state index in [9.17, 15) is 9.59 Å². The Kier molecular flexibility index (Phi) is 6.17. The molecule has 0 radical (unpaired) electrons. The van der Waals surface area contributed by atoms with Gasteiger partial charge in [-0.1, -0.05) is 34.1 Å². The van der Waals surface area contributed by atoms with Crippen LogP contribution in [0.3, 0.4) is 0 Å². The molecule has 1 atom stereocenters. The van der Waals surface area contributed by atoms with Gasteiger partial charge in [-0.2, -0.15) is 0 Å². The molecule has 0 fully saturated rings. The van der Waals surface area contributed by atoms with Gasteiger partial charge in [0.25, 0.3) is 5.91 Å². The summed E-state index contributed by atoms with van der Waals surface area (Å²) in [7, 11) is 0. The number of carbonyl (C=O) groups excluding carboxylic acids is 2. The zero-order valence-corrected chi connectivity index (χ0v) is 14.1. The van der Waals surface area contributed by atoms with Crippen LogP contribution in [-0.4, -0.2) is 24.6 Å². The molecule has 2 aromatic rings. The van der Waals surface area contributed by atoms with Crippen molar-refractivity contribution in [1.29, 1.82) is 0 Å². The summed E-state index contributed by atoms with van der Waals surface area (Å²) in [6, 6.07) is 16.0.